The SMILES string of the molecule is COc1ncccc1-c1ncc(C)o1. The molecule has 0 aliphatic carbocycles. The van der Waals surface area contributed by atoms with Crippen LogP contribution in [0.2, 0.25) is 0 Å². The van der Waals surface area contributed by atoms with E-state index in [9.17, 15) is 0 Å². The van der Waals surface area contributed by atoms with Crippen LogP contribution in [0.15, 0.2) is 28.9 Å². The van der Waals surface area contributed by atoms with Crippen molar-refractivity contribution < 1.29 is 9.15 Å². The molecule has 0 spiro atoms. The van der Waals surface area contributed by atoms with Crippen LogP contribution >= 0.6 is 0 Å². The standard InChI is InChI=1S/C10H10N2O2/c1-7-6-12-10(14-7)8-4-3-5-11-9(8)13-2/h3-6H,1-2H3. The van der Waals surface area contributed by atoms with Crippen LogP contribution in [0.5, 0.6) is 5.88 Å². The molecule has 0 radical (unpaired) electrons. The van der Waals surface area contributed by atoms with Crippen molar-refractivity contribution in [3.05, 3.63) is 30.3 Å². The maximum atomic E-state index is 5.38. The summed E-state index contributed by atoms with van der Waals surface area (Å²) < 4.78 is 10.5. The van der Waals surface area contributed by atoms with Gasteiger partial charge in [-0.2, -0.15) is 0 Å². The van der Waals surface area contributed by atoms with E-state index in [0.29, 0.717) is 11.8 Å². The summed E-state index contributed by atoms with van der Waals surface area (Å²) in [6.45, 7) is 1.85. The Bertz CT molecular complexity index is 437. The largest absolute Gasteiger partial charge is 0.480 e. The van der Waals surface area contributed by atoms with Crippen molar-refractivity contribution in [2.45, 2.75) is 6.92 Å². The summed E-state index contributed by atoms with van der Waals surface area (Å²) in [5, 5.41) is 0. The van der Waals surface area contributed by atoms with Crippen LogP contribution in [0.25, 0.3) is 11.5 Å². The highest BCUT2D eigenvalue weighted by Gasteiger charge is 2.10. The zero-order valence-electron chi connectivity index (χ0n) is 8.02. The monoisotopic (exact) mass is 190 g/mol. The summed E-state index contributed by atoms with van der Waals surface area (Å²) in [7, 11) is 1.57. The summed E-state index contributed by atoms with van der Waals surface area (Å²) in [5.74, 6) is 1.83. The minimum absolute atomic E-state index is 0.523. The second-order valence-corrected chi connectivity index (χ2v) is 2.84. The Kier molecular flexibility index (Phi) is 2.18. The molecule has 4 heteroatoms. The number of hydrogen-bond donors (Lipinski definition) is 0. The first-order chi connectivity index (χ1) is 6.81. The van der Waals surface area contributed by atoms with Crippen LogP contribution < -0.4 is 4.74 Å². The molecule has 2 aromatic rings. The molecular formula is C10H10N2O2. The number of methoxy groups -OCH3 is 1. The van der Waals surface area contributed by atoms with Crippen LogP contribution in [0.4, 0.5) is 0 Å². The highest BCUT2D eigenvalue weighted by atomic mass is 16.5. The molecule has 0 saturated heterocycles. The number of oxazole rings is 1. The van der Waals surface area contributed by atoms with Crippen molar-refractivity contribution in [1.29, 1.82) is 0 Å². The lowest BCUT2D eigenvalue weighted by Gasteiger charge is -2.02. The van der Waals surface area contributed by atoms with Crippen LogP contribution in [0.1, 0.15) is 5.76 Å². The molecule has 14 heavy (non-hydrogen) atoms. The molecule has 2 rings (SSSR count). The Balaban J connectivity index is 2.50. The second-order valence-electron chi connectivity index (χ2n) is 2.84. The lowest BCUT2D eigenvalue weighted by atomic mass is 10.3. The fourth-order valence-corrected chi connectivity index (χ4v) is 1.20. The van der Waals surface area contributed by atoms with E-state index in [1.165, 1.54) is 0 Å². The van der Waals surface area contributed by atoms with E-state index in [0.717, 1.165) is 11.3 Å². The molecule has 0 aliphatic heterocycles. The predicted molar refractivity (Wildman–Crippen MR) is 51.0 cm³/mol. The topological polar surface area (TPSA) is 48.2 Å². The molecule has 0 aromatic carbocycles. The number of rotatable bonds is 2. The third-order valence-electron chi connectivity index (χ3n) is 1.82. The van der Waals surface area contributed by atoms with Crippen molar-refractivity contribution >= 4 is 0 Å². The molecule has 4 nitrogen and oxygen atoms in total. The van der Waals surface area contributed by atoms with Gasteiger partial charge in [0.2, 0.25) is 11.8 Å². The maximum Gasteiger partial charge on any atom is 0.231 e. The molecule has 0 fully saturated rings. The number of hydrogen-bond acceptors (Lipinski definition) is 4. The summed E-state index contributed by atoms with van der Waals surface area (Å²) in [4.78, 5) is 8.17. The third kappa shape index (κ3) is 1.46. The Morgan fingerprint density at radius 2 is 2.21 bits per heavy atom. The first-order valence-electron chi connectivity index (χ1n) is 4.23. The molecule has 0 bridgehead atoms. The average molecular weight is 190 g/mol. The zero-order valence-corrected chi connectivity index (χ0v) is 8.02. The molecule has 0 amide bonds. The van der Waals surface area contributed by atoms with Crippen LogP contribution in [0.3, 0.4) is 0 Å². The van der Waals surface area contributed by atoms with Crippen molar-refractivity contribution in [1.82, 2.24) is 9.97 Å². The van der Waals surface area contributed by atoms with Crippen LogP contribution in [-0.4, -0.2) is 17.1 Å². The van der Waals surface area contributed by atoms with Gasteiger partial charge < -0.3 is 9.15 Å². The van der Waals surface area contributed by atoms with E-state index in [-0.39, 0.29) is 0 Å². The predicted octanol–water partition coefficient (Wildman–Crippen LogP) is 2.05. The minimum Gasteiger partial charge on any atom is -0.480 e. The number of ether oxygens (including phenoxy) is 1. The van der Waals surface area contributed by atoms with E-state index in [2.05, 4.69) is 9.97 Å². The molecule has 2 aromatic heterocycles. The highest BCUT2D eigenvalue weighted by Crippen LogP contribution is 2.26. The molecular weight excluding hydrogens is 180 g/mol. The van der Waals surface area contributed by atoms with Crippen LogP contribution in [0, 0.1) is 6.92 Å². The Morgan fingerprint density at radius 1 is 1.36 bits per heavy atom. The summed E-state index contributed by atoms with van der Waals surface area (Å²) in [6.07, 6.45) is 3.33. The lowest BCUT2D eigenvalue weighted by molar-refractivity contribution is 0.397. The average Bonchev–Trinajstić information content (AvgIpc) is 2.65. The van der Waals surface area contributed by atoms with Crippen molar-refractivity contribution in [2.75, 3.05) is 7.11 Å². The van der Waals surface area contributed by atoms with Gasteiger partial charge >= 0.3 is 0 Å². The first-order valence-corrected chi connectivity index (χ1v) is 4.23. The normalized spacial score (nSPS) is 10.1. The first kappa shape index (κ1) is 8.74. The molecule has 0 atom stereocenters. The summed E-state index contributed by atoms with van der Waals surface area (Å²) in [6, 6.07) is 3.68. The van der Waals surface area contributed by atoms with Gasteiger partial charge in [-0.25, -0.2) is 9.97 Å². The molecule has 0 saturated carbocycles. The van der Waals surface area contributed by atoms with E-state index in [4.69, 9.17) is 9.15 Å². The maximum absolute atomic E-state index is 5.38. The van der Waals surface area contributed by atoms with Gasteiger partial charge in [0.05, 0.1) is 18.9 Å². The number of aromatic nitrogens is 2. The van der Waals surface area contributed by atoms with Crippen molar-refractivity contribution in [3.8, 4) is 17.3 Å². The van der Waals surface area contributed by atoms with Gasteiger partial charge in [-0.05, 0) is 19.1 Å². The number of pyridine rings is 1. The number of nitrogens with zero attached hydrogens (tertiary/aromatic N) is 2. The highest BCUT2D eigenvalue weighted by molar-refractivity contribution is 5.59. The molecule has 72 valence electrons. The van der Waals surface area contributed by atoms with E-state index in [1.54, 1.807) is 19.5 Å². The smallest absolute Gasteiger partial charge is 0.231 e. The minimum atomic E-state index is 0.523. The Labute approximate surface area is 81.6 Å². The third-order valence-corrected chi connectivity index (χ3v) is 1.82. The van der Waals surface area contributed by atoms with Gasteiger partial charge in [-0.15, -0.1) is 0 Å². The second kappa shape index (κ2) is 3.49. The van der Waals surface area contributed by atoms with Gasteiger partial charge in [0.1, 0.15) is 5.76 Å². The van der Waals surface area contributed by atoms with Gasteiger partial charge in [-0.1, -0.05) is 0 Å². The van der Waals surface area contributed by atoms with E-state index >= 15 is 0 Å². The molecule has 0 aliphatic rings. The molecule has 0 unspecified atom stereocenters. The van der Waals surface area contributed by atoms with Gasteiger partial charge in [0.25, 0.3) is 0 Å². The summed E-state index contributed by atoms with van der Waals surface area (Å²) in [5.41, 5.74) is 0.767. The van der Waals surface area contributed by atoms with E-state index < -0.39 is 0 Å². The Morgan fingerprint density at radius 3 is 2.86 bits per heavy atom. The lowest BCUT2D eigenvalue weighted by Crippen LogP contribution is -1.90. The zero-order chi connectivity index (χ0) is 9.97. The molecule has 2 heterocycles. The Hall–Kier alpha value is -1.84. The number of aryl methyl sites for hydroxylation is 1. The molecule has 0 N–H and O–H groups in total. The van der Waals surface area contributed by atoms with Gasteiger partial charge in [0.15, 0.2) is 0 Å². The van der Waals surface area contributed by atoms with Crippen LogP contribution in [-0.2, 0) is 0 Å². The fraction of sp³-hybridized carbons (Fsp3) is 0.200. The van der Waals surface area contributed by atoms with Crippen molar-refractivity contribution in [2.24, 2.45) is 0 Å². The van der Waals surface area contributed by atoms with E-state index in [1.807, 2.05) is 19.1 Å². The summed E-state index contributed by atoms with van der Waals surface area (Å²) >= 11 is 0. The van der Waals surface area contributed by atoms with Crippen molar-refractivity contribution in [3.63, 3.8) is 0 Å². The van der Waals surface area contributed by atoms with Gasteiger partial charge in [-0.3, -0.25) is 0 Å². The van der Waals surface area contributed by atoms with Gasteiger partial charge in [0, 0.05) is 6.20 Å². The quantitative estimate of drug-likeness (QED) is 0.727. The fourth-order valence-electron chi connectivity index (χ4n) is 1.20.